The monoisotopic (exact) mass is 412 g/mol. The van der Waals surface area contributed by atoms with Crippen LogP contribution >= 0.6 is 0 Å². The minimum atomic E-state index is -0.835. The highest BCUT2D eigenvalue weighted by Crippen LogP contribution is 2.42. The van der Waals surface area contributed by atoms with Crippen molar-refractivity contribution in [3.63, 3.8) is 0 Å². The molecule has 8 heteroatoms. The van der Waals surface area contributed by atoms with E-state index in [2.05, 4.69) is 10.1 Å². The fraction of sp³-hybridized carbons (Fsp3) is 0.318. The summed E-state index contributed by atoms with van der Waals surface area (Å²) >= 11 is 0. The number of amides is 2. The zero-order valence-electron chi connectivity index (χ0n) is 17.4. The molecule has 1 aliphatic heterocycles. The van der Waals surface area contributed by atoms with Crippen LogP contribution in [0.25, 0.3) is 0 Å². The number of rotatable bonds is 7. The van der Waals surface area contributed by atoms with Crippen molar-refractivity contribution in [1.29, 1.82) is 0 Å². The number of carbonyl (C=O) groups excluding carboxylic acids is 3. The molecule has 158 valence electrons. The number of anilines is 2. The van der Waals surface area contributed by atoms with Gasteiger partial charge in [-0.05, 0) is 49.7 Å². The van der Waals surface area contributed by atoms with E-state index in [1.807, 2.05) is 6.07 Å². The van der Waals surface area contributed by atoms with Crippen LogP contribution in [0.15, 0.2) is 42.5 Å². The molecule has 0 saturated carbocycles. The van der Waals surface area contributed by atoms with E-state index in [-0.39, 0.29) is 25.0 Å². The summed E-state index contributed by atoms with van der Waals surface area (Å²) in [5.41, 5.74) is 1.04. The second kappa shape index (κ2) is 8.44. The van der Waals surface area contributed by atoms with E-state index in [4.69, 9.17) is 9.47 Å². The molecule has 2 aromatic rings. The molecule has 1 heterocycles. The quantitative estimate of drug-likeness (QED) is 0.703. The predicted molar refractivity (Wildman–Crippen MR) is 111 cm³/mol. The van der Waals surface area contributed by atoms with Crippen molar-refractivity contribution in [2.75, 3.05) is 37.6 Å². The maximum absolute atomic E-state index is 12.8. The van der Waals surface area contributed by atoms with Gasteiger partial charge in [-0.25, -0.2) is 0 Å². The van der Waals surface area contributed by atoms with Gasteiger partial charge in [-0.3, -0.25) is 14.4 Å². The van der Waals surface area contributed by atoms with Crippen LogP contribution in [0.2, 0.25) is 0 Å². The number of nitrogens with zero attached hydrogens (tertiary/aromatic N) is 1. The van der Waals surface area contributed by atoms with Crippen LogP contribution in [0.3, 0.4) is 0 Å². The average molecular weight is 412 g/mol. The van der Waals surface area contributed by atoms with Crippen molar-refractivity contribution in [3.8, 4) is 11.5 Å². The zero-order valence-corrected chi connectivity index (χ0v) is 17.4. The van der Waals surface area contributed by atoms with Crippen LogP contribution in [0.1, 0.15) is 19.4 Å². The predicted octanol–water partition coefficient (Wildman–Crippen LogP) is 2.51. The van der Waals surface area contributed by atoms with E-state index in [1.165, 1.54) is 19.1 Å². The Kier molecular flexibility index (Phi) is 5.96. The molecule has 0 spiro atoms. The maximum atomic E-state index is 12.8. The van der Waals surface area contributed by atoms with Gasteiger partial charge < -0.3 is 24.4 Å². The van der Waals surface area contributed by atoms with Gasteiger partial charge in [0.25, 0.3) is 5.91 Å². The van der Waals surface area contributed by atoms with Gasteiger partial charge in [0.1, 0.15) is 6.54 Å². The topological polar surface area (TPSA) is 94.2 Å². The number of fused-ring (bicyclic) bond motifs is 1. The first kappa shape index (κ1) is 21.2. The van der Waals surface area contributed by atoms with Gasteiger partial charge in [0.15, 0.2) is 18.1 Å². The highest BCUT2D eigenvalue weighted by molar-refractivity contribution is 6.10. The largest absolute Gasteiger partial charge is 0.493 e. The smallest absolute Gasteiger partial charge is 0.325 e. The second-order valence-corrected chi connectivity index (χ2v) is 7.31. The minimum absolute atomic E-state index is 0.162. The number of carbonyl (C=O) groups is 3. The molecule has 1 aliphatic rings. The van der Waals surface area contributed by atoms with E-state index in [0.29, 0.717) is 22.9 Å². The zero-order chi connectivity index (χ0) is 21.9. The summed E-state index contributed by atoms with van der Waals surface area (Å²) in [7, 11) is 2.81. The van der Waals surface area contributed by atoms with Crippen molar-refractivity contribution in [2.45, 2.75) is 19.3 Å². The van der Waals surface area contributed by atoms with Gasteiger partial charge in [0, 0.05) is 11.4 Å². The summed E-state index contributed by atoms with van der Waals surface area (Å²) in [5.74, 6) is -0.0544. The van der Waals surface area contributed by atoms with Crippen molar-refractivity contribution in [3.05, 3.63) is 48.0 Å². The number of esters is 1. The van der Waals surface area contributed by atoms with Crippen LogP contribution in [-0.2, 0) is 24.5 Å². The Bertz CT molecular complexity index is 985. The standard InChI is InChI=1S/C22H24N2O6/c1-22(2)15-11-14(9-10-16(15)24(21(22)27)12-20(26)29-4)23-19(25)13-30-18-8-6-5-7-17(18)28-3/h5-11H,12-13H2,1-4H3,(H,23,25). The van der Waals surface area contributed by atoms with Crippen molar-refractivity contribution in [1.82, 2.24) is 0 Å². The molecule has 0 bridgehead atoms. The number of para-hydroxylation sites is 2. The molecule has 2 aromatic carbocycles. The van der Waals surface area contributed by atoms with Crippen molar-refractivity contribution in [2.24, 2.45) is 0 Å². The summed E-state index contributed by atoms with van der Waals surface area (Å²) in [6.45, 7) is 3.20. The highest BCUT2D eigenvalue weighted by Gasteiger charge is 2.44. The van der Waals surface area contributed by atoms with Gasteiger partial charge in [-0.1, -0.05) is 12.1 Å². The summed E-state index contributed by atoms with van der Waals surface area (Å²) in [4.78, 5) is 38.2. The summed E-state index contributed by atoms with van der Waals surface area (Å²) in [6, 6.07) is 12.2. The summed E-state index contributed by atoms with van der Waals surface area (Å²) < 4.78 is 15.4. The minimum Gasteiger partial charge on any atom is -0.493 e. The Balaban J connectivity index is 1.73. The SMILES string of the molecule is COC(=O)CN1C(=O)C(C)(C)c2cc(NC(=O)COc3ccccc3OC)ccc21. The summed E-state index contributed by atoms with van der Waals surface area (Å²) in [6.07, 6.45) is 0. The molecule has 1 N–H and O–H groups in total. The third kappa shape index (κ3) is 4.07. The van der Waals surface area contributed by atoms with Crippen LogP contribution in [0.5, 0.6) is 11.5 Å². The van der Waals surface area contributed by atoms with Gasteiger partial charge in [0.05, 0.1) is 19.6 Å². The highest BCUT2D eigenvalue weighted by atomic mass is 16.5. The molecule has 0 saturated heterocycles. The molecule has 0 fully saturated rings. The lowest BCUT2D eigenvalue weighted by atomic mass is 9.86. The van der Waals surface area contributed by atoms with Gasteiger partial charge in [-0.2, -0.15) is 0 Å². The first-order valence-corrected chi connectivity index (χ1v) is 9.37. The van der Waals surface area contributed by atoms with Crippen molar-refractivity contribution < 1.29 is 28.6 Å². The normalized spacial score (nSPS) is 14.1. The fourth-order valence-corrected chi connectivity index (χ4v) is 3.34. The molecule has 0 unspecified atom stereocenters. The van der Waals surface area contributed by atoms with E-state index < -0.39 is 11.4 Å². The summed E-state index contributed by atoms with van der Waals surface area (Å²) in [5, 5.41) is 2.77. The van der Waals surface area contributed by atoms with Crippen LogP contribution in [0.4, 0.5) is 11.4 Å². The first-order valence-electron chi connectivity index (χ1n) is 9.37. The lowest BCUT2D eigenvalue weighted by molar-refractivity contribution is -0.140. The molecular weight excluding hydrogens is 388 g/mol. The van der Waals surface area contributed by atoms with Crippen molar-refractivity contribution >= 4 is 29.2 Å². The van der Waals surface area contributed by atoms with Crippen LogP contribution in [-0.4, -0.2) is 45.2 Å². The fourth-order valence-electron chi connectivity index (χ4n) is 3.34. The van der Waals surface area contributed by atoms with E-state index in [9.17, 15) is 14.4 Å². The number of hydrogen-bond donors (Lipinski definition) is 1. The molecule has 30 heavy (non-hydrogen) atoms. The lowest BCUT2D eigenvalue weighted by Gasteiger charge is -2.19. The Labute approximate surface area is 174 Å². The van der Waals surface area contributed by atoms with Gasteiger partial charge >= 0.3 is 5.97 Å². The molecule has 0 aromatic heterocycles. The van der Waals surface area contributed by atoms with Crippen LogP contribution in [0, 0.1) is 0 Å². The third-order valence-electron chi connectivity index (χ3n) is 4.97. The number of benzene rings is 2. The Morgan fingerprint density at radius 1 is 1.07 bits per heavy atom. The molecule has 2 amide bonds. The van der Waals surface area contributed by atoms with Gasteiger partial charge in [-0.15, -0.1) is 0 Å². The Morgan fingerprint density at radius 2 is 1.77 bits per heavy atom. The molecule has 3 rings (SSSR count). The average Bonchev–Trinajstić information content (AvgIpc) is 2.92. The maximum Gasteiger partial charge on any atom is 0.325 e. The molecule has 0 aliphatic carbocycles. The van der Waals surface area contributed by atoms with Gasteiger partial charge in [0.2, 0.25) is 5.91 Å². The number of ether oxygens (including phenoxy) is 3. The first-order chi connectivity index (χ1) is 14.3. The number of hydrogen-bond acceptors (Lipinski definition) is 6. The molecule has 8 nitrogen and oxygen atoms in total. The third-order valence-corrected chi connectivity index (χ3v) is 4.97. The number of methoxy groups -OCH3 is 2. The Hall–Kier alpha value is -3.55. The molecule has 0 atom stereocenters. The molecule has 0 radical (unpaired) electrons. The molecular formula is C22H24N2O6. The Morgan fingerprint density at radius 3 is 2.43 bits per heavy atom. The van der Waals surface area contributed by atoms with Crippen LogP contribution < -0.4 is 19.7 Å². The van der Waals surface area contributed by atoms with E-state index in [1.54, 1.807) is 50.2 Å². The lowest BCUT2D eigenvalue weighted by Crippen LogP contribution is -2.39. The van der Waals surface area contributed by atoms with E-state index in [0.717, 1.165) is 5.56 Å². The van der Waals surface area contributed by atoms with E-state index >= 15 is 0 Å². The number of nitrogens with one attached hydrogen (secondary N) is 1. The second-order valence-electron chi connectivity index (χ2n) is 7.31.